The Labute approximate surface area is 283 Å². The van der Waals surface area contributed by atoms with E-state index < -0.39 is 22.0 Å². The van der Waals surface area contributed by atoms with Crippen LogP contribution in [0.5, 0.6) is 0 Å². The Morgan fingerprint density at radius 3 is 2.47 bits per heavy atom. The summed E-state index contributed by atoms with van der Waals surface area (Å²) in [5.74, 6) is 1.51. The molecule has 2 amide bonds. The normalized spacial score (nSPS) is 16.0. The molecule has 13 heteroatoms. The number of anilines is 1. The quantitative estimate of drug-likeness (QED) is 0.129. The molecular weight excluding hydrogens is 638 g/mol. The van der Waals surface area contributed by atoms with Gasteiger partial charge < -0.3 is 15.4 Å². The molecule has 2 aliphatic rings. The fraction of sp³-hybridized carbons (Fsp3) is 0.618. The minimum Gasteiger partial charge on any atom is -0.358 e. The number of pyridine rings is 1. The zero-order chi connectivity index (χ0) is 33.7. The molecule has 3 aromatic rings. The van der Waals surface area contributed by atoms with Gasteiger partial charge in [0.05, 0.1) is 12.3 Å². The van der Waals surface area contributed by atoms with Crippen molar-refractivity contribution in [2.45, 2.75) is 71.7 Å². The van der Waals surface area contributed by atoms with Crippen molar-refractivity contribution in [1.82, 2.24) is 29.9 Å². The molecule has 0 unspecified atom stereocenters. The molecule has 0 spiro atoms. The molecule has 3 heterocycles. The lowest BCUT2D eigenvalue weighted by molar-refractivity contribution is -0.119. The van der Waals surface area contributed by atoms with Gasteiger partial charge in [0.2, 0.25) is 11.9 Å². The third-order valence-electron chi connectivity index (χ3n) is 8.94. The van der Waals surface area contributed by atoms with Crippen LogP contribution in [-0.4, -0.2) is 85.5 Å². The van der Waals surface area contributed by atoms with Crippen molar-refractivity contribution in [3.8, 4) is 11.1 Å². The first-order valence-corrected chi connectivity index (χ1v) is 21.0. The monoisotopic (exact) mass is 687 g/mol. The van der Waals surface area contributed by atoms with E-state index in [9.17, 15) is 9.59 Å². The highest BCUT2D eigenvalue weighted by atomic mass is 32.3. The first kappa shape index (κ1) is 35.4. The fourth-order valence-electron chi connectivity index (χ4n) is 6.31. The van der Waals surface area contributed by atoms with Crippen LogP contribution in [0.4, 0.5) is 10.2 Å². The van der Waals surface area contributed by atoms with Crippen molar-refractivity contribution in [3.63, 3.8) is 0 Å². The maximum Gasteiger partial charge on any atom is 0.270 e. The van der Waals surface area contributed by atoms with E-state index in [-0.39, 0.29) is 23.6 Å². The van der Waals surface area contributed by atoms with Crippen LogP contribution < -0.4 is 10.6 Å². The van der Waals surface area contributed by atoms with Gasteiger partial charge in [-0.3, -0.25) is 14.3 Å². The zero-order valence-corrected chi connectivity index (χ0v) is 30.2. The largest absolute Gasteiger partial charge is 0.358 e. The summed E-state index contributed by atoms with van der Waals surface area (Å²) in [6, 6.07) is 4.21. The predicted octanol–water partition coefficient (Wildman–Crippen LogP) is 5.75. The SMILES string of the molecule is CCc1c(-c2ccc(NC(=O)[C@@H](NC(=O)c3ccnn3CCCSC)C(C3CC3)C3CC3)nc2F)c(C)nn1COCCS(C)(C)C. The van der Waals surface area contributed by atoms with Gasteiger partial charge in [0, 0.05) is 35.3 Å². The van der Waals surface area contributed by atoms with Gasteiger partial charge in [0.25, 0.3) is 5.91 Å². The Kier molecular flexibility index (Phi) is 11.7. The number of amides is 2. The zero-order valence-electron chi connectivity index (χ0n) is 28.6. The molecule has 2 N–H and O–H groups in total. The summed E-state index contributed by atoms with van der Waals surface area (Å²) in [5.41, 5.74) is 3.02. The Morgan fingerprint density at radius 1 is 1.13 bits per heavy atom. The maximum atomic E-state index is 15.7. The number of aromatic nitrogens is 5. The topological polar surface area (TPSA) is 116 Å². The number of carbonyl (C=O) groups excluding carboxylic acids is 2. The van der Waals surface area contributed by atoms with Gasteiger partial charge in [-0.05, 0) is 112 Å². The van der Waals surface area contributed by atoms with Gasteiger partial charge in [-0.1, -0.05) is 6.92 Å². The van der Waals surface area contributed by atoms with Crippen molar-refractivity contribution in [2.24, 2.45) is 17.8 Å². The number of hydrogen-bond donors (Lipinski definition) is 2. The van der Waals surface area contributed by atoms with Crippen molar-refractivity contribution in [2.75, 3.05) is 48.5 Å². The Morgan fingerprint density at radius 2 is 1.85 bits per heavy atom. The fourth-order valence-corrected chi connectivity index (χ4v) is 7.34. The number of ether oxygens (including phenoxy) is 1. The van der Waals surface area contributed by atoms with Gasteiger partial charge in [-0.15, -0.1) is 0 Å². The summed E-state index contributed by atoms with van der Waals surface area (Å²) in [4.78, 5) is 31.6. The van der Waals surface area contributed by atoms with Gasteiger partial charge in [-0.2, -0.15) is 26.3 Å². The van der Waals surface area contributed by atoms with Crippen molar-refractivity contribution >= 4 is 39.4 Å². The summed E-state index contributed by atoms with van der Waals surface area (Å²) in [6.45, 7) is 5.44. The standard InChI is InChI=1S/C34H50FN7O3S2/c1-7-26-29(22(2)40-42(26)21-45-18-20-47(4,5)6)25-13-14-28(37-32(25)35)38-34(44)31(30(23-9-10-23)24-11-12-24)39-33(43)27-15-16-36-41(27)17-8-19-46-3/h13-16,23-24,30-31H,7-12,17-21H2,1-6H3,(H,39,43)(H,37,38,44)/t31-/m0/s1. The van der Waals surface area contributed by atoms with Gasteiger partial charge in [0.1, 0.15) is 24.3 Å². The van der Waals surface area contributed by atoms with E-state index in [1.54, 1.807) is 45.5 Å². The predicted molar refractivity (Wildman–Crippen MR) is 190 cm³/mol. The van der Waals surface area contributed by atoms with Crippen LogP contribution in [0.3, 0.4) is 0 Å². The Balaban J connectivity index is 1.32. The molecule has 0 bridgehead atoms. The molecule has 0 saturated heterocycles. The van der Waals surface area contributed by atoms with Crippen LogP contribution in [0.25, 0.3) is 11.1 Å². The molecule has 5 rings (SSSR count). The number of nitrogens with zero attached hydrogens (tertiary/aromatic N) is 5. The number of rotatable bonds is 18. The van der Waals surface area contributed by atoms with Crippen LogP contribution >= 0.6 is 21.8 Å². The molecule has 1 atom stereocenters. The molecule has 2 aliphatic carbocycles. The minimum atomic E-state index is -0.756. The highest BCUT2D eigenvalue weighted by molar-refractivity contribution is 8.32. The van der Waals surface area contributed by atoms with E-state index in [0.717, 1.165) is 49.3 Å². The average Bonchev–Trinajstić information content (AvgIpc) is 3.95. The van der Waals surface area contributed by atoms with E-state index in [1.165, 1.54) is 0 Å². The van der Waals surface area contributed by atoms with Crippen molar-refractivity contribution < 1.29 is 18.7 Å². The summed E-state index contributed by atoms with van der Waals surface area (Å²) in [5, 5.41) is 14.9. The summed E-state index contributed by atoms with van der Waals surface area (Å²) in [7, 11) is -0.661. The second-order valence-corrected chi connectivity index (χ2v) is 19.2. The smallest absolute Gasteiger partial charge is 0.270 e. The van der Waals surface area contributed by atoms with Crippen LogP contribution in [-0.2, 0) is 29.2 Å². The van der Waals surface area contributed by atoms with Crippen molar-refractivity contribution in [1.29, 1.82) is 0 Å². The number of thioether (sulfide) groups is 1. The molecule has 3 aromatic heterocycles. The summed E-state index contributed by atoms with van der Waals surface area (Å²) < 4.78 is 25.2. The lowest BCUT2D eigenvalue weighted by atomic mass is 9.88. The van der Waals surface area contributed by atoms with Crippen LogP contribution in [0.2, 0.25) is 0 Å². The van der Waals surface area contributed by atoms with Gasteiger partial charge in [0.15, 0.2) is 0 Å². The summed E-state index contributed by atoms with van der Waals surface area (Å²) in [6.07, 6.45) is 16.2. The number of aryl methyl sites for hydroxylation is 2. The molecule has 2 fully saturated rings. The van der Waals surface area contributed by atoms with Crippen molar-refractivity contribution in [3.05, 3.63) is 47.4 Å². The minimum absolute atomic E-state index is 0.0311. The lowest BCUT2D eigenvalue weighted by Crippen LogP contribution is -2.50. The van der Waals surface area contributed by atoms with E-state index in [1.807, 2.05) is 20.1 Å². The molecule has 10 nitrogen and oxygen atoms in total. The van der Waals surface area contributed by atoms with E-state index >= 15 is 4.39 Å². The summed E-state index contributed by atoms with van der Waals surface area (Å²) >= 11 is 1.75. The second kappa shape index (κ2) is 15.5. The van der Waals surface area contributed by atoms with E-state index in [4.69, 9.17) is 4.74 Å². The molecule has 258 valence electrons. The molecule has 0 radical (unpaired) electrons. The third kappa shape index (κ3) is 9.17. The molecule has 47 heavy (non-hydrogen) atoms. The average molecular weight is 688 g/mol. The molecule has 0 aliphatic heterocycles. The second-order valence-electron chi connectivity index (χ2n) is 13.6. The number of nitrogens with one attached hydrogen (secondary N) is 2. The van der Waals surface area contributed by atoms with Crippen LogP contribution in [0, 0.1) is 30.6 Å². The third-order valence-corrected chi connectivity index (χ3v) is 11.0. The van der Waals surface area contributed by atoms with Gasteiger partial charge in [-0.25, -0.2) is 19.7 Å². The Hall–Kier alpha value is -2.90. The highest BCUT2D eigenvalue weighted by Gasteiger charge is 2.48. The van der Waals surface area contributed by atoms with E-state index in [2.05, 4.69) is 44.6 Å². The number of hydrogen-bond acceptors (Lipinski definition) is 7. The van der Waals surface area contributed by atoms with Gasteiger partial charge >= 0.3 is 0 Å². The number of halogens is 1. The molecule has 2 saturated carbocycles. The lowest BCUT2D eigenvalue weighted by Gasteiger charge is -2.27. The highest BCUT2D eigenvalue weighted by Crippen LogP contribution is 2.51. The first-order valence-electron chi connectivity index (χ1n) is 16.6. The first-order chi connectivity index (χ1) is 22.5. The Bertz CT molecular complexity index is 1530. The van der Waals surface area contributed by atoms with Crippen LogP contribution in [0.15, 0.2) is 24.4 Å². The maximum absolute atomic E-state index is 15.7. The van der Waals surface area contributed by atoms with E-state index in [0.29, 0.717) is 60.7 Å². The number of carbonyl (C=O) groups is 2. The molecule has 0 aromatic carbocycles. The molecular formula is C34H50FN7O3S2. The van der Waals surface area contributed by atoms with Crippen LogP contribution in [0.1, 0.15) is 60.9 Å².